The van der Waals surface area contributed by atoms with Crippen LogP contribution in [0.1, 0.15) is 33.5 Å². The summed E-state index contributed by atoms with van der Waals surface area (Å²) in [6.07, 6.45) is 1.57. The van der Waals surface area contributed by atoms with Crippen LogP contribution in [0.25, 0.3) is 0 Å². The van der Waals surface area contributed by atoms with E-state index in [2.05, 4.69) is 47.8 Å². The lowest BCUT2D eigenvalue weighted by Gasteiger charge is -2.25. The molecular formula is C12H24N6O. The lowest BCUT2D eigenvalue weighted by Crippen LogP contribution is -2.39. The minimum absolute atomic E-state index is 0.198. The first-order chi connectivity index (χ1) is 8.93. The summed E-state index contributed by atoms with van der Waals surface area (Å²) in [6, 6.07) is 0.268. The van der Waals surface area contributed by atoms with Crippen LogP contribution in [0.3, 0.4) is 0 Å². The summed E-state index contributed by atoms with van der Waals surface area (Å²) in [4.78, 5) is 6.37. The maximum atomic E-state index is 8.67. The Bertz CT molecular complexity index is 412. The molecule has 1 aromatic heterocycles. The second kappa shape index (κ2) is 7.08. The van der Waals surface area contributed by atoms with E-state index in [1.54, 1.807) is 6.33 Å². The van der Waals surface area contributed by atoms with Gasteiger partial charge >= 0.3 is 0 Å². The average Bonchev–Trinajstić information content (AvgIpc) is 2.74. The van der Waals surface area contributed by atoms with E-state index in [0.717, 1.165) is 12.4 Å². The van der Waals surface area contributed by atoms with Gasteiger partial charge in [-0.2, -0.15) is 5.10 Å². The first kappa shape index (κ1) is 15.4. The molecule has 3 N–H and O–H groups in total. The van der Waals surface area contributed by atoms with Gasteiger partial charge in [0.1, 0.15) is 12.2 Å². The van der Waals surface area contributed by atoms with Crippen molar-refractivity contribution in [3.05, 3.63) is 12.2 Å². The monoisotopic (exact) mass is 268 g/mol. The van der Waals surface area contributed by atoms with Crippen molar-refractivity contribution in [3.8, 4) is 0 Å². The molecule has 7 heteroatoms. The van der Waals surface area contributed by atoms with Crippen LogP contribution in [0.4, 0.5) is 0 Å². The molecular weight excluding hydrogens is 244 g/mol. The predicted octanol–water partition coefficient (Wildman–Crippen LogP) is 0.891. The highest BCUT2D eigenvalue weighted by molar-refractivity contribution is 5.81. The van der Waals surface area contributed by atoms with Gasteiger partial charge in [-0.15, -0.1) is 0 Å². The van der Waals surface area contributed by atoms with Crippen molar-refractivity contribution in [3.63, 3.8) is 0 Å². The van der Waals surface area contributed by atoms with E-state index >= 15 is 0 Å². The summed E-state index contributed by atoms with van der Waals surface area (Å²) in [6.45, 7) is 10.3. The minimum Gasteiger partial charge on any atom is -0.409 e. The third-order valence-electron chi connectivity index (χ3n) is 2.80. The van der Waals surface area contributed by atoms with E-state index in [1.807, 2.05) is 4.68 Å². The second-order valence-corrected chi connectivity index (χ2v) is 5.34. The smallest absolute Gasteiger partial charge is 0.153 e. The van der Waals surface area contributed by atoms with Gasteiger partial charge in [-0.3, -0.25) is 4.90 Å². The van der Waals surface area contributed by atoms with Crippen LogP contribution in [0.2, 0.25) is 0 Å². The Morgan fingerprint density at radius 2 is 2.16 bits per heavy atom. The Morgan fingerprint density at radius 3 is 2.68 bits per heavy atom. The second-order valence-electron chi connectivity index (χ2n) is 5.34. The molecule has 1 heterocycles. The van der Waals surface area contributed by atoms with Crippen molar-refractivity contribution in [2.75, 3.05) is 6.54 Å². The van der Waals surface area contributed by atoms with Crippen LogP contribution < -0.4 is 5.73 Å². The van der Waals surface area contributed by atoms with Crippen molar-refractivity contribution >= 4 is 5.84 Å². The average molecular weight is 268 g/mol. The lowest BCUT2D eigenvalue weighted by molar-refractivity contribution is 0.227. The third-order valence-corrected chi connectivity index (χ3v) is 2.80. The fraction of sp³-hybridized carbons (Fsp3) is 0.750. The summed E-state index contributed by atoms with van der Waals surface area (Å²) in [5, 5.41) is 15.9. The van der Waals surface area contributed by atoms with Gasteiger partial charge in [-0.1, -0.05) is 19.0 Å². The van der Waals surface area contributed by atoms with Crippen molar-refractivity contribution in [1.29, 1.82) is 0 Å². The Hall–Kier alpha value is -1.63. The maximum Gasteiger partial charge on any atom is 0.153 e. The van der Waals surface area contributed by atoms with Crippen LogP contribution in [-0.4, -0.2) is 43.3 Å². The standard InChI is InChI=1S/C12H24N6O/c1-9(2)5-18-12(14-8-15-18)7-17(10(3)4)6-11(13)16-19/h8-10,19H,5-7H2,1-4H3,(H2,13,16). The van der Waals surface area contributed by atoms with Crippen molar-refractivity contribution in [2.45, 2.75) is 46.8 Å². The number of aromatic nitrogens is 3. The van der Waals surface area contributed by atoms with E-state index in [4.69, 9.17) is 10.9 Å². The number of nitrogens with two attached hydrogens (primary N) is 1. The van der Waals surface area contributed by atoms with E-state index in [-0.39, 0.29) is 11.9 Å². The van der Waals surface area contributed by atoms with Gasteiger partial charge in [0.15, 0.2) is 5.84 Å². The van der Waals surface area contributed by atoms with E-state index in [0.29, 0.717) is 19.0 Å². The molecule has 0 saturated heterocycles. The van der Waals surface area contributed by atoms with Crippen LogP contribution in [0.15, 0.2) is 11.5 Å². The molecule has 0 aliphatic heterocycles. The summed E-state index contributed by atoms with van der Waals surface area (Å²) in [5.41, 5.74) is 5.57. The highest BCUT2D eigenvalue weighted by Crippen LogP contribution is 2.07. The van der Waals surface area contributed by atoms with Gasteiger partial charge in [0, 0.05) is 12.6 Å². The topological polar surface area (TPSA) is 92.6 Å². The molecule has 0 atom stereocenters. The largest absolute Gasteiger partial charge is 0.409 e. The molecule has 0 radical (unpaired) electrons. The molecule has 0 saturated carbocycles. The fourth-order valence-corrected chi connectivity index (χ4v) is 1.75. The molecule has 0 amide bonds. The summed E-state index contributed by atoms with van der Waals surface area (Å²) in [5.74, 6) is 1.61. The molecule has 0 bridgehead atoms. The Kier molecular flexibility index (Phi) is 5.75. The van der Waals surface area contributed by atoms with Gasteiger partial charge in [0.05, 0.1) is 13.1 Å². The summed E-state index contributed by atoms with van der Waals surface area (Å²) < 4.78 is 1.91. The third kappa shape index (κ3) is 4.86. The molecule has 0 aliphatic rings. The number of hydrogen-bond donors (Lipinski definition) is 2. The van der Waals surface area contributed by atoms with Crippen molar-refractivity contribution in [2.24, 2.45) is 16.8 Å². The van der Waals surface area contributed by atoms with Crippen LogP contribution >= 0.6 is 0 Å². The molecule has 0 aliphatic carbocycles. The molecule has 1 aromatic rings. The van der Waals surface area contributed by atoms with E-state index in [9.17, 15) is 0 Å². The molecule has 0 aromatic carbocycles. The Balaban J connectivity index is 2.76. The molecule has 0 unspecified atom stereocenters. The SMILES string of the molecule is CC(C)Cn1ncnc1CN(CC(N)=NO)C(C)C. The highest BCUT2D eigenvalue weighted by Gasteiger charge is 2.16. The molecule has 0 spiro atoms. The van der Waals surface area contributed by atoms with Gasteiger partial charge in [-0.25, -0.2) is 9.67 Å². The van der Waals surface area contributed by atoms with Crippen LogP contribution in [-0.2, 0) is 13.1 Å². The van der Waals surface area contributed by atoms with Crippen LogP contribution in [0.5, 0.6) is 0 Å². The zero-order chi connectivity index (χ0) is 14.4. The first-order valence-corrected chi connectivity index (χ1v) is 6.51. The number of nitrogens with zero attached hydrogens (tertiary/aromatic N) is 5. The molecule has 7 nitrogen and oxygen atoms in total. The van der Waals surface area contributed by atoms with Gasteiger partial charge in [-0.05, 0) is 19.8 Å². The summed E-state index contributed by atoms with van der Waals surface area (Å²) >= 11 is 0. The van der Waals surface area contributed by atoms with Gasteiger partial charge in [0.25, 0.3) is 0 Å². The number of amidine groups is 1. The Morgan fingerprint density at radius 1 is 1.47 bits per heavy atom. The molecule has 108 valence electrons. The summed E-state index contributed by atoms with van der Waals surface area (Å²) in [7, 11) is 0. The minimum atomic E-state index is 0.198. The van der Waals surface area contributed by atoms with Crippen molar-refractivity contribution < 1.29 is 5.21 Å². The normalized spacial score (nSPS) is 12.9. The Labute approximate surface area is 114 Å². The molecule has 19 heavy (non-hydrogen) atoms. The zero-order valence-electron chi connectivity index (χ0n) is 12.1. The fourth-order valence-electron chi connectivity index (χ4n) is 1.75. The number of rotatable bonds is 7. The van der Waals surface area contributed by atoms with Gasteiger partial charge in [0.2, 0.25) is 0 Å². The van der Waals surface area contributed by atoms with E-state index < -0.39 is 0 Å². The zero-order valence-corrected chi connectivity index (χ0v) is 12.1. The highest BCUT2D eigenvalue weighted by atomic mass is 16.4. The van der Waals surface area contributed by atoms with E-state index in [1.165, 1.54) is 0 Å². The van der Waals surface area contributed by atoms with Crippen molar-refractivity contribution in [1.82, 2.24) is 19.7 Å². The predicted molar refractivity (Wildman–Crippen MR) is 73.8 cm³/mol. The molecule has 1 rings (SSSR count). The quantitative estimate of drug-likeness (QED) is 0.331. The van der Waals surface area contributed by atoms with Crippen LogP contribution in [0, 0.1) is 5.92 Å². The van der Waals surface area contributed by atoms with Gasteiger partial charge < -0.3 is 10.9 Å². The number of hydrogen-bond acceptors (Lipinski definition) is 5. The molecule has 0 fully saturated rings. The maximum absolute atomic E-state index is 8.67. The number of oxime groups is 1. The lowest BCUT2D eigenvalue weighted by atomic mass is 10.2. The first-order valence-electron chi connectivity index (χ1n) is 6.51.